The van der Waals surface area contributed by atoms with Crippen molar-refractivity contribution in [2.45, 2.75) is 6.92 Å². The van der Waals surface area contributed by atoms with E-state index in [2.05, 4.69) is 6.58 Å². The van der Waals surface area contributed by atoms with Crippen LogP contribution >= 0.6 is 0 Å². The quantitative estimate of drug-likeness (QED) is 0.253. The minimum Gasteiger partial charge on any atom is -0.494 e. The highest BCUT2D eigenvalue weighted by atomic mass is 19.2. The van der Waals surface area contributed by atoms with Crippen molar-refractivity contribution in [3.63, 3.8) is 0 Å². The van der Waals surface area contributed by atoms with E-state index >= 15 is 0 Å². The van der Waals surface area contributed by atoms with Gasteiger partial charge in [-0.15, -0.1) is 0 Å². The fraction of sp³-hybridized carbons (Fsp3) is 0.0667. The number of halogens is 3. The van der Waals surface area contributed by atoms with Crippen molar-refractivity contribution >= 4 is 18.2 Å². The first-order valence-electron chi connectivity index (χ1n) is 10.9. The molecule has 0 atom stereocenters. The molecule has 0 heterocycles. The average molecular weight is 457 g/mol. The van der Waals surface area contributed by atoms with Crippen LogP contribution < -0.4 is 4.74 Å². The molecule has 0 N–H and O–H groups in total. The number of benzene rings is 4. The SMILES string of the molecule is C=Cc1ccc(-c2ccc(-c3ccc(/C=C/c4ccc(OCC)cc4F)cc3)c(F)c2F)cc1. The van der Waals surface area contributed by atoms with Crippen LogP contribution in [0.3, 0.4) is 0 Å². The molecule has 0 spiro atoms. The molecule has 4 aromatic rings. The summed E-state index contributed by atoms with van der Waals surface area (Å²) < 4.78 is 49.3. The Morgan fingerprint density at radius 1 is 0.706 bits per heavy atom. The van der Waals surface area contributed by atoms with Gasteiger partial charge in [0.15, 0.2) is 11.6 Å². The molecule has 0 fully saturated rings. The Hall–Kier alpha value is -4.05. The maximum Gasteiger partial charge on any atom is 0.167 e. The zero-order chi connectivity index (χ0) is 24.1. The van der Waals surface area contributed by atoms with Crippen LogP contribution in [0.2, 0.25) is 0 Å². The van der Waals surface area contributed by atoms with E-state index in [-0.39, 0.29) is 16.9 Å². The molecule has 0 aliphatic heterocycles. The fourth-order valence-corrected chi connectivity index (χ4v) is 3.65. The van der Waals surface area contributed by atoms with E-state index in [0.29, 0.717) is 29.0 Å². The van der Waals surface area contributed by atoms with E-state index in [1.165, 1.54) is 6.07 Å². The van der Waals surface area contributed by atoms with Gasteiger partial charge < -0.3 is 4.74 Å². The van der Waals surface area contributed by atoms with Crippen LogP contribution in [0.25, 0.3) is 40.5 Å². The lowest BCUT2D eigenvalue weighted by molar-refractivity contribution is 0.338. The Balaban J connectivity index is 1.55. The van der Waals surface area contributed by atoms with Crippen LogP contribution in [-0.4, -0.2) is 6.61 Å². The molecule has 0 radical (unpaired) electrons. The monoisotopic (exact) mass is 456 g/mol. The molecule has 0 saturated carbocycles. The van der Waals surface area contributed by atoms with Crippen LogP contribution in [-0.2, 0) is 0 Å². The van der Waals surface area contributed by atoms with Crippen molar-refractivity contribution in [3.8, 4) is 28.0 Å². The van der Waals surface area contributed by atoms with Gasteiger partial charge in [-0.2, -0.15) is 0 Å². The summed E-state index contributed by atoms with van der Waals surface area (Å²) in [4.78, 5) is 0. The van der Waals surface area contributed by atoms with Crippen molar-refractivity contribution < 1.29 is 17.9 Å². The van der Waals surface area contributed by atoms with Crippen molar-refractivity contribution in [3.05, 3.63) is 120 Å². The van der Waals surface area contributed by atoms with Gasteiger partial charge in [0.05, 0.1) is 6.61 Å². The molecule has 1 nitrogen and oxygen atoms in total. The Morgan fingerprint density at radius 3 is 1.76 bits per heavy atom. The van der Waals surface area contributed by atoms with Crippen molar-refractivity contribution in [1.29, 1.82) is 0 Å². The van der Waals surface area contributed by atoms with Crippen molar-refractivity contribution in [1.82, 2.24) is 0 Å². The van der Waals surface area contributed by atoms with Gasteiger partial charge in [0.2, 0.25) is 0 Å². The van der Waals surface area contributed by atoms with Crippen molar-refractivity contribution in [2.24, 2.45) is 0 Å². The highest BCUT2D eigenvalue weighted by Crippen LogP contribution is 2.32. The van der Waals surface area contributed by atoms with Crippen LogP contribution in [0.1, 0.15) is 23.6 Å². The molecule has 4 heteroatoms. The normalized spacial score (nSPS) is 11.1. The number of rotatable bonds is 7. The second-order valence-corrected chi connectivity index (χ2v) is 7.69. The summed E-state index contributed by atoms with van der Waals surface area (Å²) in [6.07, 6.45) is 5.11. The summed E-state index contributed by atoms with van der Waals surface area (Å²) in [5.41, 5.74) is 3.66. The second kappa shape index (κ2) is 10.3. The molecular weight excluding hydrogens is 433 g/mol. The molecule has 170 valence electrons. The second-order valence-electron chi connectivity index (χ2n) is 7.69. The largest absolute Gasteiger partial charge is 0.494 e. The molecule has 34 heavy (non-hydrogen) atoms. The van der Waals surface area contributed by atoms with Gasteiger partial charge in [-0.3, -0.25) is 0 Å². The zero-order valence-corrected chi connectivity index (χ0v) is 18.7. The number of ether oxygens (including phenoxy) is 1. The summed E-state index contributed by atoms with van der Waals surface area (Å²) in [6.45, 7) is 6.01. The van der Waals surface area contributed by atoms with Crippen LogP contribution in [0.15, 0.2) is 85.4 Å². The first-order valence-corrected chi connectivity index (χ1v) is 10.9. The van der Waals surface area contributed by atoms with Gasteiger partial charge in [-0.1, -0.05) is 85.5 Å². The zero-order valence-electron chi connectivity index (χ0n) is 18.7. The van der Waals surface area contributed by atoms with Gasteiger partial charge in [-0.05, 0) is 41.3 Å². The summed E-state index contributed by atoms with van der Waals surface area (Å²) in [5, 5.41) is 0. The van der Waals surface area contributed by atoms with E-state index in [9.17, 15) is 13.2 Å². The first kappa shape index (κ1) is 23.1. The average Bonchev–Trinajstić information content (AvgIpc) is 2.86. The third-order valence-electron chi connectivity index (χ3n) is 5.50. The highest BCUT2D eigenvalue weighted by molar-refractivity contribution is 5.75. The predicted molar refractivity (Wildman–Crippen MR) is 134 cm³/mol. The van der Waals surface area contributed by atoms with Gasteiger partial charge in [0, 0.05) is 22.8 Å². The third kappa shape index (κ3) is 4.96. The molecule has 4 aromatic carbocycles. The maximum absolute atomic E-state index is 14.9. The van der Waals surface area contributed by atoms with E-state index in [1.807, 2.05) is 6.92 Å². The lowest BCUT2D eigenvalue weighted by Gasteiger charge is -2.10. The number of hydrogen-bond acceptors (Lipinski definition) is 1. The Bertz CT molecular complexity index is 1340. The molecule has 0 unspecified atom stereocenters. The van der Waals surface area contributed by atoms with Crippen LogP contribution in [0.4, 0.5) is 13.2 Å². The minimum atomic E-state index is -0.898. The van der Waals surface area contributed by atoms with E-state index in [1.54, 1.807) is 91.0 Å². The van der Waals surface area contributed by atoms with Crippen molar-refractivity contribution in [2.75, 3.05) is 6.61 Å². The topological polar surface area (TPSA) is 9.23 Å². The Morgan fingerprint density at radius 2 is 1.26 bits per heavy atom. The maximum atomic E-state index is 14.9. The lowest BCUT2D eigenvalue weighted by atomic mass is 9.97. The number of hydrogen-bond donors (Lipinski definition) is 0. The van der Waals surface area contributed by atoms with Crippen LogP contribution in [0.5, 0.6) is 5.75 Å². The molecule has 0 aliphatic rings. The first-order chi connectivity index (χ1) is 16.5. The summed E-state index contributed by atoms with van der Waals surface area (Å²) >= 11 is 0. The van der Waals surface area contributed by atoms with Gasteiger partial charge in [0.1, 0.15) is 11.6 Å². The lowest BCUT2D eigenvalue weighted by Crippen LogP contribution is -1.94. The molecule has 0 aromatic heterocycles. The van der Waals surface area contributed by atoms with Gasteiger partial charge >= 0.3 is 0 Å². The van der Waals surface area contributed by atoms with Gasteiger partial charge in [-0.25, -0.2) is 13.2 Å². The Labute approximate surface area is 197 Å². The van der Waals surface area contributed by atoms with E-state index in [0.717, 1.165) is 11.1 Å². The summed E-state index contributed by atoms with van der Waals surface area (Å²) in [7, 11) is 0. The molecule has 0 amide bonds. The summed E-state index contributed by atoms with van der Waals surface area (Å²) in [5.74, 6) is -1.69. The smallest absolute Gasteiger partial charge is 0.167 e. The van der Waals surface area contributed by atoms with Gasteiger partial charge in [0.25, 0.3) is 0 Å². The fourth-order valence-electron chi connectivity index (χ4n) is 3.65. The molecule has 0 bridgehead atoms. The summed E-state index contributed by atoms with van der Waals surface area (Å²) in [6, 6.07) is 21.9. The highest BCUT2D eigenvalue weighted by Gasteiger charge is 2.16. The van der Waals surface area contributed by atoms with E-state index < -0.39 is 11.6 Å². The predicted octanol–water partition coefficient (Wildman–Crippen LogP) is 8.65. The third-order valence-corrected chi connectivity index (χ3v) is 5.50. The Kier molecular flexibility index (Phi) is 6.98. The van der Waals surface area contributed by atoms with E-state index in [4.69, 9.17) is 4.74 Å². The van der Waals surface area contributed by atoms with Crippen LogP contribution in [0, 0.1) is 17.5 Å². The minimum absolute atomic E-state index is 0.178. The molecule has 0 aliphatic carbocycles. The molecular formula is C30H23F3O. The molecule has 4 rings (SSSR count). The standard InChI is InChI=1S/C30H23F3O/c1-3-20-5-10-22(11-6-20)26-17-18-27(30(33)29(26)32)23-12-7-21(8-13-23)9-14-24-15-16-25(34-4-2)19-28(24)31/h3,5-19H,1,4H2,2H3/b14-9+. The molecule has 0 saturated heterocycles.